The van der Waals surface area contributed by atoms with Crippen LogP contribution in [0.4, 0.5) is 0 Å². The minimum atomic E-state index is 0. The van der Waals surface area contributed by atoms with Gasteiger partial charge < -0.3 is 15.4 Å². The summed E-state index contributed by atoms with van der Waals surface area (Å²) in [7, 11) is 3.58. The van der Waals surface area contributed by atoms with Crippen molar-refractivity contribution >= 4 is 41.7 Å². The number of aliphatic imine (C=N–C) groups is 1. The van der Waals surface area contributed by atoms with Gasteiger partial charge in [-0.2, -0.15) is 11.8 Å². The van der Waals surface area contributed by atoms with Crippen molar-refractivity contribution < 1.29 is 4.74 Å². The van der Waals surface area contributed by atoms with Crippen LogP contribution < -0.4 is 15.4 Å². The summed E-state index contributed by atoms with van der Waals surface area (Å²) >= 11 is 1.88. The maximum Gasteiger partial charge on any atom is 0.191 e. The third-order valence-electron chi connectivity index (χ3n) is 4.58. The average molecular weight is 492 g/mol. The highest BCUT2D eigenvalue weighted by molar-refractivity contribution is 14.0. The van der Waals surface area contributed by atoms with Gasteiger partial charge in [-0.3, -0.25) is 9.89 Å². The summed E-state index contributed by atoms with van der Waals surface area (Å²) in [5.74, 6) is 3.01. The second-order valence-electron chi connectivity index (χ2n) is 6.23. The van der Waals surface area contributed by atoms with Gasteiger partial charge in [0.05, 0.1) is 13.2 Å². The highest BCUT2D eigenvalue weighted by atomic mass is 127. The zero-order chi connectivity index (χ0) is 17.9. The zero-order valence-electron chi connectivity index (χ0n) is 16.2. The van der Waals surface area contributed by atoms with Gasteiger partial charge in [0, 0.05) is 25.7 Å². The highest BCUT2D eigenvalue weighted by Crippen LogP contribution is 2.31. The lowest BCUT2D eigenvalue weighted by molar-refractivity contribution is 0.239. The molecule has 0 aliphatic carbocycles. The summed E-state index contributed by atoms with van der Waals surface area (Å²) in [6, 6.07) is 8.65. The van der Waals surface area contributed by atoms with Crippen molar-refractivity contribution in [2.45, 2.75) is 25.3 Å². The molecule has 26 heavy (non-hydrogen) atoms. The standard InChI is InChI=1S/C19H32N4OS.HI/c1-20-19(21-11-8-14-25-3)22-15-17(23-12-6-7-13-23)16-9-4-5-10-18(16)24-2;/h4-5,9-10,17H,6-8,11-15H2,1-3H3,(H2,20,21,22);1H. The van der Waals surface area contributed by atoms with Gasteiger partial charge in [0.15, 0.2) is 5.96 Å². The summed E-state index contributed by atoms with van der Waals surface area (Å²) in [6.45, 7) is 4.06. The Morgan fingerprint density at radius 3 is 2.65 bits per heavy atom. The number of hydrogen-bond acceptors (Lipinski definition) is 4. The van der Waals surface area contributed by atoms with Crippen molar-refractivity contribution in [1.29, 1.82) is 0 Å². The lowest BCUT2D eigenvalue weighted by Gasteiger charge is -2.30. The molecule has 1 aromatic carbocycles. The Balaban J connectivity index is 0.00000338. The molecular formula is C19H33IN4OS. The number of hydrogen-bond donors (Lipinski definition) is 2. The van der Waals surface area contributed by atoms with Gasteiger partial charge in [0.1, 0.15) is 5.75 Å². The van der Waals surface area contributed by atoms with E-state index >= 15 is 0 Å². The second kappa shape index (κ2) is 13.5. The van der Waals surface area contributed by atoms with Crippen molar-refractivity contribution in [2.75, 3.05) is 52.3 Å². The smallest absolute Gasteiger partial charge is 0.191 e. The predicted octanol–water partition coefficient (Wildman–Crippen LogP) is 3.37. The van der Waals surface area contributed by atoms with E-state index in [0.717, 1.165) is 44.3 Å². The maximum absolute atomic E-state index is 5.61. The first-order valence-corrected chi connectivity index (χ1v) is 10.5. The number of guanidine groups is 1. The second-order valence-corrected chi connectivity index (χ2v) is 7.21. The third-order valence-corrected chi connectivity index (χ3v) is 5.28. The van der Waals surface area contributed by atoms with Crippen LogP contribution in [0, 0.1) is 0 Å². The molecule has 7 heteroatoms. The van der Waals surface area contributed by atoms with Crippen LogP contribution in [-0.2, 0) is 0 Å². The summed E-state index contributed by atoms with van der Waals surface area (Å²) in [4.78, 5) is 6.91. The number of thioether (sulfide) groups is 1. The van der Waals surface area contributed by atoms with Crippen molar-refractivity contribution in [3.05, 3.63) is 29.8 Å². The van der Waals surface area contributed by atoms with Gasteiger partial charge in [-0.1, -0.05) is 18.2 Å². The Hall–Kier alpha value is -0.670. The van der Waals surface area contributed by atoms with Crippen LogP contribution in [0.2, 0.25) is 0 Å². The Morgan fingerprint density at radius 2 is 2.00 bits per heavy atom. The van der Waals surface area contributed by atoms with Crippen molar-refractivity contribution in [2.24, 2.45) is 4.99 Å². The zero-order valence-corrected chi connectivity index (χ0v) is 19.3. The van der Waals surface area contributed by atoms with Gasteiger partial charge >= 0.3 is 0 Å². The molecule has 1 unspecified atom stereocenters. The molecule has 0 spiro atoms. The number of methoxy groups -OCH3 is 1. The van der Waals surface area contributed by atoms with Gasteiger partial charge in [0.2, 0.25) is 0 Å². The molecule has 0 bridgehead atoms. The van der Waals surface area contributed by atoms with E-state index in [1.54, 1.807) is 7.11 Å². The van der Waals surface area contributed by atoms with Crippen molar-refractivity contribution in [1.82, 2.24) is 15.5 Å². The van der Waals surface area contributed by atoms with E-state index in [2.05, 4.69) is 38.9 Å². The van der Waals surface area contributed by atoms with Crippen LogP contribution in [-0.4, -0.2) is 63.2 Å². The molecule has 1 atom stereocenters. The molecule has 0 radical (unpaired) electrons. The van der Waals surface area contributed by atoms with Crippen molar-refractivity contribution in [3.63, 3.8) is 0 Å². The van der Waals surface area contributed by atoms with Crippen LogP contribution >= 0.6 is 35.7 Å². The first-order valence-electron chi connectivity index (χ1n) is 9.10. The number of ether oxygens (including phenoxy) is 1. The monoisotopic (exact) mass is 492 g/mol. The lowest BCUT2D eigenvalue weighted by Crippen LogP contribution is -2.43. The van der Waals surface area contributed by atoms with E-state index in [9.17, 15) is 0 Å². The van der Waals surface area contributed by atoms with Crippen molar-refractivity contribution in [3.8, 4) is 5.75 Å². The third kappa shape index (κ3) is 7.15. The molecule has 2 rings (SSSR count). The molecule has 1 aliphatic rings. The van der Waals surface area contributed by atoms with E-state index in [4.69, 9.17) is 4.74 Å². The molecule has 1 saturated heterocycles. The quantitative estimate of drug-likeness (QED) is 0.240. The molecule has 0 amide bonds. The van der Waals surface area contributed by atoms with E-state index in [1.165, 1.54) is 24.2 Å². The number of nitrogens with zero attached hydrogens (tertiary/aromatic N) is 2. The van der Waals surface area contributed by atoms with E-state index in [1.807, 2.05) is 30.9 Å². The molecule has 1 heterocycles. The van der Waals surface area contributed by atoms with E-state index in [-0.39, 0.29) is 24.0 Å². The van der Waals surface area contributed by atoms with Crippen LogP contribution in [0.3, 0.4) is 0 Å². The molecule has 1 aliphatic heterocycles. The molecular weight excluding hydrogens is 459 g/mol. The van der Waals surface area contributed by atoms with Gasteiger partial charge in [-0.15, -0.1) is 24.0 Å². The predicted molar refractivity (Wildman–Crippen MR) is 124 cm³/mol. The van der Waals surface area contributed by atoms with Gasteiger partial charge in [-0.05, 0) is 50.4 Å². The fourth-order valence-electron chi connectivity index (χ4n) is 3.27. The Labute approximate surface area is 179 Å². The Kier molecular flexibility index (Phi) is 12.1. The molecule has 5 nitrogen and oxygen atoms in total. The van der Waals surface area contributed by atoms with Crippen LogP contribution in [0.1, 0.15) is 30.9 Å². The first kappa shape index (κ1) is 23.4. The molecule has 1 aromatic rings. The number of likely N-dealkylation sites (tertiary alicyclic amines) is 1. The number of para-hydroxylation sites is 1. The largest absolute Gasteiger partial charge is 0.496 e. The number of rotatable bonds is 9. The van der Waals surface area contributed by atoms with Gasteiger partial charge in [0.25, 0.3) is 0 Å². The fourth-order valence-corrected chi connectivity index (χ4v) is 3.70. The number of nitrogens with one attached hydrogen (secondary N) is 2. The minimum absolute atomic E-state index is 0. The van der Waals surface area contributed by atoms with E-state index < -0.39 is 0 Å². The maximum atomic E-state index is 5.61. The summed E-state index contributed by atoms with van der Waals surface area (Å²) in [6.07, 6.45) is 5.82. The van der Waals surface area contributed by atoms with Crippen LogP contribution in [0.15, 0.2) is 29.3 Å². The van der Waals surface area contributed by atoms with E-state index in [0.29, 0.717) is 6.04 Å². The molecule has 2 N–H and O–H groups in total. The highest BCUT2D eigenvalue weighted by Gasteiger charge is 2.25. The summed E-state index contributed by atoms with van der Waals surface area (Å²) < 4.78 is 5.61. The minimum Gasteiger partial charge on any atom is -0.496 e. The Bertz CT molecular complexity index is 538. The first-order chi connectivity index (χ1) is 12.3. The molecule has 148 valence electrons. The normalized spacial score (nSPS) is 16.0. The topological polar surface area (TPSA) is 48.9 Å². The Morgan fingerprint density at radius 1 is 1.27 bits per heavy atom. The number of halogens is 1. The lowest BCUT2D eigenvalue weighted by atomic mass is 10.0. The SMILES string of the molecule is CN=C(NCCCSC)NCC(c1ccccc1OC)N1CCCC1.I. The van der Waals surface area contributed by atoms with Gasteiger partial charge in [-0.25, -0.2) is 0 Å². The fraction of sp³-hybridized carbons (Fsp3) is 0.632. The summed E-state index contributed by atoms with van der Waals surface area (Å²) in [5, 5.41) is 6.91. The van der Waals surface area contributed by atoms with Crippen LogP contribution in [0.5, 0.6) is 5.75 Å². The number of benzene rings is 1. The summed E-state index contributed by atoms with van der Waals surface area (Å²) in [5.41, 5.74) is 1.25. The molecule has 1 fully saturated rings. The molecule has 0 saturated carbocycles. The van der Waals surface area contributed by atoms with Crippen LogP contribution in [0.25, 0.3) is 0 Å². The average Bonchev–Trinajstić information content (AvgIpc) is 3.18. The molecule has 0 aromatic heterocycles.